The molecule has 1 unspecified atom stereocenters. The van der Waals surface area contributed by atoms with Crippen LogP contribution in [0.25, 0.3) is 10.9 Å². The van der Waals surface area contributed by atoms with E-state index < -0.39 is 5.60 Å². The minimum absolute atomic E-state index is 0.0599. The summed E-state index contributed by atoms with van der Waals surface area (Å²) in [4.78, 5) is 17.9. The number of benzene rings is 1. The Morgan fingerprint density at radius 3 is 2.86 bits per heavy atom. The van der Waals surface area contributed by atoms with Gasteiger partial charge in [0.1, 0.15) is 17.7 Å². The van der Waals surface area contributed by atoms with Crippen LogP contribution in [0.2, 0.25) is 0 Å². The second kappa shape index (κ2) is 8.84. The summed E-state index contributed by atoms with van der Waals surface area (Å²) in [5, 5.41) is 7.29. The smallest absolute Gasteiger partial charge is 0.216 e. The van der Waals surface area contributed by atoms with E-state index in [0.29, 0.717) is 38.7 Å². The summed E-state index contributed by atoms with van der Waals surface area (Å²) in [7, 11) is 0. The van der Waals surface area contributed by atoms with Crippen LogP contribution in [0.15, 0.2) is 24.3 Å². The van der Waals surface area contributed by atoms with Crippen LogP contribution in [-0.4, -0.2) is 55.6 Å². The maximum absolute atomic E-state index is 11.1. The summed E-state index contributed by atoms with van der Waals surface area (Å²) < 4.78 is 11.8. The number of aromatic nitrogens is 1. The molecule has 1 aliphatic rings. The maximum atomic E-state index is 11.1. The number of carbonyl (C=O) groups excluding carboxylic acids is 1. The van der Waals surface area contributed by atoms with Crippen LogP contribution in [0, 0.1) is 0 Å². The Balaban J connectivity index is 1.87. The molecule has 3 rings (SSSR count). The van der Waals surface area contributed by atoms with Gasteiger partial charge in [-0.3, -0.25) is 4.79 Å². The normalized spacial score (nSPS) is 16.0. The fourth-order valence-corrected chi connectivity index (χ4v) is 3.61. The summed E-state index contributed by atoms with van der Waals surface area (Å²) in [6.07, 6.45) is -0.0712. The van der Waals surface area contributed by atoms with Crippen molar-refractivity contribution in [1.29, 1.82) is 0 Å². The molecule has 2 aromatic rings. The van der Waals surface area contributed by atoms with Crippen molar-refractivity contribution < 1.29 is 14.3 Å². The lowest BCUT2D eigenvalue weighted by atomic mass is 10.1. The molecule has 158 valence electrons. The van der Waals surface area contributed by atoms with Gasteiger partial charge >= 0.3 is 0 Å². The molecular weight excluding hydrogens is 370 g/mol. The first kappa shape index (κ1) is 21.1. The highest BCUT2D eigenvalue weighted by atomic mass is 16.5. The number of nitrogens with two attached hydrogens (primary N) is 1. The number of rotatable bonds is 9. The van der Waals surface area contributed by atoms with Crippen LogP contribution in [-0.2, 0) is 14.3 Å². The quantitative estimate of drug-likeness (QED) is 0.554. The SMILES string of the molecule is CCOCC1Nc2c(N)nc3ccccc3c2N1CC(C)(C)OCCNC(C)=O. The molecule has 8 heteroatoms. The number of nitrogens with one attached hydrogen (secondary N) is 2. The number of nitrogens with zero attached hydrogens (tertiary/aromatic N) is 2. The van der Waals surface area contributed by atoms with E-state index in [1.807, 2.05) is 39.0 Å². The fourth-order valence-electron chi connectivity index (χ4n) is 3.61. The molecule has 0 radical (unpaired) electrons. The number of carbonyl (C=O) groups is 1. The zero-order chi connectivity index (χ0) is 21.0. The van der Waals surface area contributed by atoms with Gasteiger partial charge in [-0.1, -0.05) is 18.2 Å². The average Bonchev–Trinajstić information content (AvgIpc) is 3.02. The molecule has 1 aromatic heterocycles. The highest BCUT2D eigenvalue weighted by Crippen LogP contribution is 2.44. The van der Waals surface area contributed by atoms with E-state index >= 15 is 0 Å². The van der Waals surface area contributed by atoms with Crippen LogP contribution in [0.3, 0.4) is 0 Å². The first-order chi connectivity index (χ1) is 13.8. The molecule has 0 bridgehead atoms. The molecule has 2 heterocycles. The minimum Gasteiger partial charge on any atom is -0.382 e. The Labute approximate surface area is 171 Å². The van der Waals surface area contributed by atoms with Gasteiger partial charge in [0.25, 0.3) is 0 Å². The highest BCUT2D eigenvalue weighted by Gasteiger charge is 2.36. The number of ether oxygens (including phenoxy) is 2. The Hall–Kier alpha value is -2.58. The number of amides is 1. The Morgan fingerprint density at radius 2 is 2.14 bits per heavy atom. The van der Waals surface area contributed by atoms with E-state index in [9.17, 15) is 4.79 Å². The molecule has 0 fully saturated rings. The van der Waals surface area contributed by atoms with Crippen molar-refractivity contribution in [2.24, 2.45) is 0 Å². The molecule has 0 saturated carbocycles. The topological polar surface area (TPSA) is 102 Å². The molecule has 8 nitrogen and oxygen atoms in total. The van der Waals surface area contributed by atoms with Crippen molar-refractivity contribution in [2.75, 3.05) is 48.9 Å². The molecule has 1 aliphatic heterocycles. The molecule has 29 heavy (non-hydrogen) atoms. The average molecular weight is 402 g/mol. The van der Waals surface area contributed by atoms with Gasteiger partial charge in [-0.25, -0.2) is 4.98 Å². The summed E-state index contributed by atoms with van der Waals surface area (Å²) >= 11 is 0. The van der Waals surface area contributed by atoms with Crippen LogP contribution in [0.4, 0.5) is 17.2 Å². The van der Waals surface area contributed by atoms with Gasteiger partial charge in [-0.15, -0.1) is 0 Å². The molecule has 1 aromatic carbocycles. The molecule has 0 aliphatic carbocycles. The van der Waals surface area contributed by atoms with Gasteiger partial charge in [0.2, 0.25) is 5.91 Å². The van der Waals surface area contributed by atoms with E-state index in [-0.39, 0.29) is 12.1 Å². The van der Waals surface area contributed by atoms with Gasteiger partial charge in [0, 0.05) is 32.0 Å². The van der Waals surface area contributed by atoms with E-state index in [1.165, 1.54) is 6.92 Å². The van der Waals surface area contributed by atoms with Gasteiger partial charge in [-0.2, -0.15) is 0 Å². The van der Waals surface area contributed by atoms with E-state index in [1.54, 1.807) is 0 Å². The standard InChI is InChI=1S/C21H31N5O3/c1-5-28-12-17-25-18-19(15-8-6-7-9-16(15)24-20(18)22)26(17)13-21(3,4)29-11-10-23-14(2)27/h6-9,17,25H,5,10-13H2,1-4H3,(H2,22,24)(H,23,27). The van der Waals surface area contributed by atoms with Gasteiger partial charge in [-0.05, 0) is 26.8 Å². The first-order valence-electron chi connectivity index (χ1n) is 10.00. The molecular formula is C21H31N5O3. The number of hydrogen-bond donors (Lipinski definition) is 3. The zero-order valence-corrected chi connectivity index (χ0v) is 17.6. The fraction of sp³-hybridized carbons (Fsp3) is 0.524. The first-order valence-corrected chi connectivity index (χ1v) is 10.00. The number of nitrogen functional groups attached to an aromatic ring is 1. The molecule has 0 spiro atoms. The lowest BCUT2D eigenvalue weighted by molar-refractivity contribution is -0.119. The monoisotopic (exact) mass is 401 g/mol. The van der Waals surface area contributed by atoms with Gasteiger partial charge in [0.15, 0.2) is 0 Å². The third-order valence-electron chi connectivity index (χ3n) is 4.87. The third kappa shape index (κ3) is 4.89. The predicted octanol–water partition coefficient (Wildman–Crippen LogP) is 2.34. The molecule has 1 amide bonds. The van der Waals surface area contributed by atoms with Crippen molar-refractivity contribution in [2.45, 2.75) is 39.5 Å². The Morgan fingerprint density at radius 1 is 1.38 bits per heavy atom. The Bertz CT molecular complexity index is 871. The summed E-state index contributed by atoms with van der Waals surface area (Å²) in [6, 6.07) is 7.99. The largest absolute Gasteiger partial charge is 0.382 e. The maximum Gasteiger partial charge on any atom is 0.216 e. The Kier molecular flexibility index (Phi) is 6.44. The molecule has 0 saturated heterocycles. The highest BCUT2D eigenvalue weighted by molar-refractivity contribution is 6.04. The van der Waals surface area contributed by atoms with Gasteiger partial charge < -0.3 is 30.7 Å². The molecule has 4 N–H and O–H groups in total. The second-order valence-corrected chi connectivity index (χ2v) is 7.78. The number of para-hydroxylation sites is 1. The number of hydrogen-bond acceptors (Lipinski definition) is 7. The number of anilines is 3. The summed E-state index contributed by atoms with van der Waals surface area (Å²) in [5.41, 5.74) is 8.53. The van der Waals surface area contributed by atoms with E-state index in [0.717, 1.165) is 22.3 Å². The lowest BCUT2D eigenvalue weighted by Gasteiger charge is -2.35. The van der Waals surface area contributed by atoms with Crippen molar-refractivity contribution >= 4 is 34.0 Å². The van der Waals surface area contributed by atoms with Crippen LogP contribution in [0.1, 0.15) is 27.7 Å². The number of pyridine rings is 1. The summed E-state index contributed by atoms with van der Waals surface area (Å²) in [5.74, 6) is 0.419. The minimum atomic E-state index is -0.453. The van der Waals surface area contributed by atoms with Crippen LogP contribution >= 0.6 is 0 Å². The predicted molar refractivity (Wildman–Crippen MR) is 116 cm³/mol. The van der Waals surface area contributed by atoms with E-state index in [4.69, 9.17) is 15.2 Å². The van der Waals surface area contributed by atoms with E-state index in [2.05, 4.69) is 26.6 Å². The second-order valence-electron chi connectivity index (χ2n) is 7.78. The third-order valence-corrected chi connectivity index (χ3v) is 4.87. The van der Waals surface area contributed by atoms with Crippen molar-refractivity contribution in [1.82, 2.24) is 10.3 Å². The van der Waals surface area contributed by atoms with Crippen molar-refractivity contribution in [3.63, 3.8) is 0 Å². The van der Waals surface area contributed by atoms with Gasteiger partial charge in [0.05, 0.1) is 30.0 Å². The van der Waals surface area contributed by atoms with Crippen molar-refractivity contribution in [3.8, 4) is 0 Å². The van der Waals surface area contributed by atoms with Crippen LogP contribution < -0.4 is 21.3 Å². The van der Waals surface area contributed by atoms with Crippen molar-refractivity contribution in [3.05, 3.63) is 24.3 Å². The summed E-state index contributed by atoms with van der Waals surface area (Å²) in [6.45, 7) is 10.3. The van der Waals surface area contributed by atoms with Crippen LogP contribution in [0.5, 0.6) is 0 Å². The lowest BCUT2D eigenvalue weighted by Crippen LogP contribution is -2.48. The zero-order valence-electron chi connectivity index (χ0n) is 17.6. The number of fused-ring (bicyclic) bond motifs is 3. The molecule has 1 atom stereocenters.